The Kier molecular flexibility index (Phi) is 6.41. The Labute approximate surface area is 185 Å². The van der Waals surface area contributed by atoms with Crippen molar-refractivity contribution in [2.75, 3.05) is 6.54 Å². The Morgan fingerprint density at radius 2 is 1.42 bits per heavy atom. The molecule has 4 rings (SSSR count). The average molecular weight is 413 g/mol. The average Bonchev–Trinajstić information content (AvgIpc) is 3.10. The van der Waals surface area contributed by atoms with E-state index in [4.69, 9.17) is 0 Å². The van der Waals surface area contributed by atoms with Gasteiger partial charge in [-0.25, -0.2) is 0 Å². The number of carbonyl (C=O) groups is 1. The fourth-order valence-corrected chi connectivity index (χ4v) is 4.41. The van der Waals surface area contributed by atoms with Crippen LogP contribution >= 0.6 is 0 Å². The maximum atomic E-state index is 12.7. The highest BCUT2D eigenvalue weighted by molar-refractivity contribution is 6.07. The minimum Gasteiger partial charge on any atom is -0.356 e. The molecule has 1 aromatic heterocycles. The Balaban J connectivity index is 1.36. The molecule has 0 unspecified atom stereocenters. The van der Waals surface area contributed by atoms with Gasteiger partial charge in [0.05, 0.1) is 5.92 Å². The summed E-state index contributed by atoms with van der Waals surface area (Å²) in [6.45, 7) is 7.99. The molecule has 0 bridgehead atoms. The molecule has 0 radical (unpaired) electrons. The number of rotatable bonds is 8. The summed E-state index contributed by atoms with van der Waals surface area (Å²) in [7, 11) is 0. The van der Waals surface area contributed by atoms with Gasteiger partial charge < -0.3 is 9.88 Å². The molecule has 160 valence electrons. The first-order valence-electron chi connectivity index (χ1n) is 11.4. The molecule has 0 aliphatic rings. The van der Waals surface area contributed by atoms with Crippen molar-refractivity contribution in [3.8, 4) is 0 Å². The molecule has 0 spiro atoms. The van der Waals surface area contributed by atoms with Crippen molar-refractivity contribution in [3.05, 3.63) is 83.9 Å². The Morgan fingerprint density at radius 3 is 2.00 bits per heavy atom. The van der Waals surface area contributed by atoms with E-state index in [1.807, 2.05) is 6.92 Å². The van der Waals surface area contributed by atoms with Gasteiger partial charge >= 0.3 is 0 Å². The molecule has 31 heavy (non-hydrogen) atoms. The largest absolute Gasteiger partial charge is 0.356 e. The molecule has 1 N–H and O–H groups in total. The fourth-order valence-electron chi connectivity index (χ4n) is 4.41. The molecule has 3 nitrogen and oxygen atoms in total. The summed E-state index contributed by atoms with van der Waals surface area (Å²) < 4.78 is 2.37. The number of carbonyl (C=O) groups excluding carboxylic acids is 1. The molecular formula is C28H32N2O. The van der Waals surface area contributed by atoms with Crippen LogP contribution in [-0.4, -0.2) is 17.0 Å². The van der Waals surface area contributed by atoms with Crippen molar-refractivity contribution in [3.63, 3.8) is 0 Å². The van der Waals surface area contributed by atoms with E-state index in [0.29, 0.717) is 12.5 Å². The highest BCUT2D eigenvalue weighted by Crippen LogP contribution is 2.28. The number of amides is 1. The highest BCUT2D eigenvalue weighted by atomic mass is 16.1. The van der Waals surface area contributed by atoms with Crippen molar-refractivity contribution in [2.45, 2.75) is 46.1 Å². The Bertz CT molecular complexity index is 1120. The van der Waals surface area contributed by atoms with Crippen molar-refractivity contribution in [1.82, 2.24) is 9.88 Å². The van der Waals surface area contributed by atoms with Crippen LogP contribution in [0.3, 0.4) is 0 Å². The van der Waals surface area contributed by atoms with Crippen molar-refractivity contribution >= 4 is 27.7 Å². The van der Waals surface area contributed by atoms with Crippen LogP contribution in [0, 0.1) is 5.92 Å². The van der Waals surface area contributed by atoms with E-state index in [-0.39, 0.29) is 11.8 Å². The van der Waals surface area contributed by atoms with Gasteiger partial charge in [-0.05, 0) is 48.9 Å². The van der Waals surface area contributed by atoms with Gasteiger partial charge in [0.25, 0.3) is 0 Å². The first-order valence-corrected chi connectivity index (χ1v) is 11.4. The van der Waals surface area contributed by atoms with Gasteiger partial charge in [-0.15, -0.1) is 0 Å². The second kappa shape index (κ2) is 9.38. The van der Waals surface area contributed by atoms with Gasteiger partial charge in [-0.1, -0.05) is 74.5 Å². The lowest BCUT2D eigenvalue weighted by molar-refractivity contribution is -0.122. The Morgan fingerprint density at radius 1 is 0.839 bits per heavy atom. The molecule has 0 saturated carbocycles. The minimum absolute atomic E-state index is 0.0961. The molecule has 0 aliphatic heterocycles. The highest BCUT2D eigenvalue weighted by Gasteiger charge is 2.15. The predicted molar refractivity (Wildman–Crippen MR) is 130 cm³/mol. The van der Waals surface area contributed by atoms with E-state index in [0.717, 1.165) is 24.9 Å². The quantitative estimate of drug-likeness (QED) is 0.338. The summed E-state index contributed by atoms with van der Waals surface area (Å²) in [5.41, 5.74) is 4.92. The van der Waals surface area contributed by atoms with E-state index in [2.05, 4.69) is 96.5 Å². The van der Waals surface area contributed by atoms with Crippen LogP contribution in [0.5, 0.6) is 0 Å². The Hall–Kier alpha value is -3.07. The molecule has 3 heteroatoms. The molecule has 1 atom stereocenters. The van der Waals surface area contributed by atoms with Gasteiger partial charge in [0, 0.05) is 34.9 Å². The lowest BCUT2D eigenvalue weighted by atomic mass is 9.96. The van der Waals surface area contributed by atoms with Gasteiger partial charge in [0.2, 0.25) is 5.91 Å². The van der Waals surface area contributed by atoms with Crippen LogP contribution < -0.4 is 5.32 Å². The van der Waals surface area contributed by atoms with Crippen LogP contribution in [0.25, 0.3) is 21.8 Å². The van der Waals surface area contributed by atoms with Crippen molar-refractivity contribution in [1.29, 1.82) is 0 Å². The van der Waals surface area contributed by atoms with Crippen LogP contribution in [0.2, 0.25) is 0 Å². The molecular weight excluding hydrogens is 380 g/mol. The summed E-state index contributed by atoms with van der Waals surface area (Å²) in [6.07, 6.45) is 1.97. The topological polar surface area (TPSA) is 34.0 Å². The van der Waals surface area contributed by atoms with Crippen LogP contribution in [0.4, 0.5) is 0 Å². The second-order valence-electron chi connectivity index (χ2n) is 8.89. The predicted octanol–water partition coefficient (Wildman–Crippen LogP) is 6.30. The van der Waals surface area contributed by atoms with E-state index < -0.39 is 0 Å². The molecule has 0 saturated heterocycles. The fraction of sp³-hybridized carbons (Fsp3) is 0.321. The van der Waals surface area contributed by atoms with Gasteiger partial charge in [0.1, 0.15) is 0 Å². The van der Waals surface area contributed by atoms with Gasteiger partial charge in [0.15, 0.2) is 0 Å². The minimum atomic E-state index is -0.138. The van der Waals surface area contributed by atoms with Crippen LogP contribution in [0.1, 0.15) is 44.2 Å². The lowest BCUT2D eigenvalue weighted by Crippen LogP contribution is -2.29. The number of para-hydroxylation sites is 2. The van der Waals surface area contributed by atoms with Crippen LogP contribution in [-0.2, 0) is 17.8 Å². The third-order valence-corrected chi connectivity index (χ3v) is 6.05. The standard InChI is InChI=1S/C28H32N2O/c1-20(2)19-22-13-15-23(16-14-22)21(3)28(31)29-17-8-18-30-26-11-6-4-9-24(26)25-10-5-7-12-27(25)30/h4-7,9-16,20-21H,8,17-19H2,1-3H3,(H,29,31)/t21-/m0/s1. The molecule has 0 aliphatic carbocycles. The first-order chi connectivity index (χ1) is 15.0. The summed E-state index contributed by atoms with van der Waals surface area (Å²) >= 11 is 0. The number of fused-ring (bicyclic) bond motifs is 3. The number of aryl methyl sites for hydroxylation is 1. The number of nitrogens with zero attached hydrogens (tertiary/aromatic N) is 1. The van der Waals surface area contributed by atoms with E-state index in [1.54, 1.807) is 0 Å². The number of nitrogens with one attached hydrogen (secondary N) is 1. The van der Waals surface area contributed by atoms with E-state index >= 15 is 0 Å². The van der Waals surface area contributed by atoms with Gasteiger partial charge in [-0.3, -0.25) is 4.79 Å². The number of hydrogen-bond donors (Lipinski definition) is 1. The second-order valence-corrected chi connectivity index (χ2v) is 8.89. The zero-order valence-electron chi connectivity index (χ0n) is 18.8. The monoisotopic (exact) mass is 412 g/mol. The number of hydrogen-bond acceptors (Lipinski definition) is 1. The molecule has 1 heterocycles. The molecule has 3 aromatic carbocycles. The SMILES string of the molecule is CC(C)Cc1ccc([C@H](C)C(=O)NCCCn2c3ccccc3c3ccccc32)cc1. The van der Waals surface area contributed by atoms with Gasteiger partial charge in [-0.2, -0.15) is 0 Å². The lowest BCUT2D eigenvalue weighted by Gasteiger charge is -2.14. The number of aromatic nitrogens is 1. The summed E-state index contributed by atoms with van der Waals surface area (Å²) in [5, 5.41) is 5.71. The summed E-state index contributed by atoms with van der Waals surface area (Å²) in [5.74, 6) is 0.598. The van der Waals surface area contributed by atoms with Crippen molar-refractivity contribution < 1.29 is 4.79 Å². The third-order valence-electron chi connectivity index (χ3n) is 6.05. The van der Waals surface area contributed by atoms with Crippen molar-refractivity contribution in [2.24, 2.45) is 5.92 Å². The zero-order valence-corrected chi connectivity index (χ0v) is 18.8. The smallest absolute Gasteiger partial charge is 0.227 e. The maximum Gasteiger partial charge on any atom is 0.227 e. The maximum absolute atomic E-state index is 12.7. The first kappa shape index (κ1) is 21.2. The zero-order chi connectivity index (χ0) is 21.8. The van der Waals surface area contributed by atoms with Crippen LogP contribution in [0.15, 0.2) is 72.8 Å². The summed E-state index contributed by atoms with van der Waals surface area (Å²) in [4.78, 5) is 12.7. The molecule has 0 fully saturated rings. The van der Waals surface area contributed by atoms with E-state index in [1.165, 1.54) is 27.4 Å². The summed E-state index contributed by atoms with van der Waals surface area (Å²) in [6, 6.07) is 25.6. The number of benzene rings is 3. The third kappa shape index (κ3) is 4.66. The normalized spacial score (nSPS) is 12.5. The molecule has 4 aromatic rings. The van der Waals surface area contributed by atoms with E-state index in [9.17, 15) is 4.79 Å². The molecule has 1 amide bonds.